The quantitative estimate of drug-likeness (QED) is 0.191. The lowest BCUT2D eigenvalue weighted by Crippen LogP contribution is -2.81. The highest BCUT2D eigenvalue weighted by molar-refractivity contribution is 5.92. The summed E-state index contributed by atoms with van der Waals surface area (Å²) in [6, 6.07) is 22.0. The van der Waals surface area contributed by atoms with Crippen LogP contribution in [0.25, 0.3) is 22.5 Å². The summed E-state index contributed by atoms with van der Waals surface area (Å²) in [5.74, 6) is 1.84. The minimum atomic E-state index is 0.0348. The number of nitrogens with zero attached hydrogens (tertiary/aromatic N) is 3. The molecule has 4 heteroatoms. The maximum absolute atomic E-state index is 6.57. The van der Waals surface area contributed by atoms with Gasteiger partial charge in [-0.1, -0.05) is 53.7 Å². The number of quaternary nitrogens is 1. The van der Waals surface area contributed by atoms with Gasteiger partial charge in [-0.15, -0.1) is 0 Å². The molecule has 4 nitrogen and oxygen atoms in total. The molecule has 2 aromatic carbocycles. The Kier molecular flexibility index (Phi) is 3.48. The predicted octanol–water partition coefficient (Wildman–Crippen LogP) is 6.49. The molecule has 2 aromatic heterocycles. The van der Waals surface area contributed by atoms with Gasteiger partial charge in [-0.25, -0.2) is 0 Å². The van der Waals surface area contributed by atoms with E-state index in [0.717, 1.165) is 11.5 Å². The van der Waals surface area contributed by atoms with E-state index in [9.17, 15) is 0 Å². The zero-order valence-corrected chi connectivity index (χ0v) is 20.7. The molecule has 34 heavy (non-hydrogen) atoms. The molecule has 0 atom stereocenters. The molecule has 0 fully saturated rings. The number of ether oxygens (including phenoxy) is 1. The van der Waals surface area contributed by atoms with Crippen molar-refractivity contribution in [1.82, 2.24) is 4.70 Å². The van der Waals surface area contributed by atoms with Crippen molar-refractivity contribution < 1.29 is 14.1 Å². The highest BCUT2D eigenvalue weighted by atomic mass is 16.5. The molecule has 7 rings (SSSR count). The second-order valence-corrected chi connectivity index (χ2v) is 11.8. The van der Waals surface area contributed by atoms with Crippen molar-refractivity contribution in [2.24, 2.45) is 0 Å². The summed E-state index contributed by atoms with van der Waals surface area (Å²) in [4.78, 5) is 0. The van der Waals surface area contributed by atoms with Crippen molar-refractivity contribution in [3.8, 4) is 34.0 Å². The van der Waals surface area contributed by atoms with E-state index < -0.39 is 0 Å². The van der Waals surface area contributed by atoms with Gasteiger partial charge in [-0.2, -0.15) is 0 Å². The van der Waals surface area contributed by atoms with Gasteiger partial charge in [-0.05, 0) is 47.2 Å². The molecule has 3 aliphatic rings. The molecular weight excluding hydrogens is 418 g/mol. The van der Waals surface area contributed by atoms with E-state index >= 15 is 0 Å². The number of rotatable bonds is 0. The minimum absolute atomic E-state index is 0.0348. The van der Waals surface area contributed by atoms with E-state index in [1.165, 1.54) is 45.0 Å². The molecule has 0 saturated heterocycles. The summed E-state index contributed by atoms with van der Waals surface area (Å²) in [6.45, 7) is 13.7. The van der Waals surface area contributed by atoms with Crippen LogP contribution in [0.5, 0.6) is 11.5 Å². The Labute approximate surface area is 200 Å². The first-order valence-electron chi connectivity index (χ1n) is 12.1. The fraction of sp³-hybridized carbons (Fsp3) is 0.267. The second kappa shape index (κ2) is 5.94. The predicted molar refractivity (Wildman–Crippen MR) is 134 cm³/mol. The van der Waals surface area contributed by atoms with E-state index in [-0.39, 0.29) is 10.8 Å². The van der Waals surface area contributed by atoms with Crippen LogP contribution in [-0.4, -0.2) is 0 Å². The third kappa shape index (κ3) is 2.22. The van der Waals surface area contributed by atoms with Crippen molar-refractivity contribution in [1.29, 1.82) is 0 Å². The average molecular weight is 449 g/mol. The lowest BCUT2D eigenvalue weighted by atomic mass is 9.88. The SMILES string of the molecule is CC(C)(C)c1ccc2[n+](c1)[N+]13c4c(cccc4-2)Oc2cccc(c21)-c1ccc(C(C)(C)C)c[n+]13. The van der Waals surface area contributed by atoms with Crippen molar-refractivity contribution >= 4 is 11.4 Å². The molecule has 0 unspecified atom stereocenters. The lowest BCUT2D eigenvalue weighted by Gasteiger charge is -2.25. The van der Waals surface area contributed by atoms with E-state index in [1.54, 1.807) is 0 Å². The zero-order chi connectivity index (χ0) is 23.6. The number of hydrogen-bond acceptors (Lipinski definition) is 1. The summed E-state index contributed by atoms with van der Waals surface area (Å²) in [5.41, 5.74) is 9.91. The summed E-state index contributed by atoms with van der Waals surface area (Å²) in [7, 11) is 0. The van der Waals surface area contributed by atoms with Crippen LogP contribution in [0.4, 0.5) is 11.4 Å². The minimum Gasteiger partial charge on any atom is -0.444 e. The van der Waals surface area contributed by atoms with Crippen LogP contribution >= 0.6 is 0 Å². The second-order valence-electron chi connectivity index (χ2n) is 11.8. The largest absolute Gasteiger partial charge is 0.444 e. The molecule has 0 N–H and O–H groups in total. The van der Waals surface area contributed by atoms with Crippen molar-refractivity contribution in [2.45, 2.75) is 52.4 Å². The topological polar surface area (TPSA) is 17.0 Å². The van der Waals surface area contributed by atoms with Crippen molar-refractivity contribution in [2.75, 3.05) is 0 Å². The van der Waals surface area contributed by atoms with Crippen molar-refractivity contribution in [3.63, 3.8) is 0 Å². The highest BCUT2D eigenvalue weighted by Gasteiger charge is 2.72. The smallest absolute Gasteiger partial charge is 0.318 e. The van der Waals surface area contributed by atoms with Gasteiger partial charge < -0.3 is 4.74 Å². The molecule has 3 aliphatic heterocycles. The van der Waals surface area contributed by atoms with Gasteiger partial charge in [0.15, 0.2) is 4.70 Å². The average Bonchev–Trinajstić information content (AvgIpc) is 3.26. The maximum Gasteiger partial charge on any atom is 0.318 e. The van der Waals surface area contributed by atoms with Gasteiger partial charge >= 0.3 is 11.4 Å². The number of benzene rings is 2. The number of fused-ring (bicyclic) bond motifs is 4. The number of pyridine rings is 2. The Morgan fingerprint density at radius 2 is 1.03 bits per heavy atom. The maximum atomic E-state index is 6.57. The van der Waals surface area contributed by atoms with E-state index in [1.807, 2.05) is 0 Å². The van der Waals surface area contributed by atoms with Crippen LogP contribution in [-0.2, 0) is 10.8 Å². The summed E-state index contributed by atoms with van der Waals surface area (Å²) in [5, 5.41) is 0. The molecule has 0 amide bonds. The number of hydrogen-bond donors (Lipinski definition) is 0. The lowest BCUT2D eigenvalue weighted by molar-refractivity contribution is -1.02. The van der Waals surface area contributed by atoms with Crippen LogP contribution in [0, 0.1) is 0 Å². The fourth-order valence-electron chi connectivity index (χ4n) is 5.80. The van der Waals surface area contributed by atoms with Crippen LogP contribution < -0.4 is 18.8 Å². The van der Waals surface area contributed by atoms with Crippen LogP contribution in [0.3, 0.4) is 0 Å². The van der Waals surface area contributed by atoms with Gasteiger partial charge in [0.05, 0.1) is 9.35 Å². The van der Waals surface area contributed by atoms with Gasteiger partial charge in [0, 0.05) is 23.3 Å². The molecule has 5 heterocycles. The van der Waals surface area contributed by atoms with Crippen LogP contribution in [0.2, 0.25) is 0 Å². The molecular formula is C30H30N3O+3. The summed E-state index contributed by atoms with van der Waals surface area (Å²) in [6.07, 6.45) is 4.72. The Morgan fingerprint density at radius 1 is 0.588 bits per heavy atom. The summed E-state index contributed by atoms with van der Waals surface area (Å²) < 4.78 is 12.0. The zero-order valence-electron chi connectivity index (χ0n) is 20.7. The van der Waals surface area contributed by atoms with Gasteiger partial charge in [0.25, 0.3) is 11.4 Å². The molecule has 0 aliphatic carbocycles. The molecule has 1 spiro atoms. The van der Waals surface area contributed by atoms with Gasteiger partial charge in [-0.3, -0.25) is 0 Å². The van der Waals surface area contributed by atoms with Crippen molar-refractivity contribution in [3.05, 3.63) is 84.2 Å². The molecule has 0 saturated carbocycles. The third-order valence-electron chi connectivity index (χ3n) is 7.61. The first-order chi connectivity index (χ1) is 16.1. The molecule has 0 bridgehead atoms. The Bertz CT molecular complexity index is 1440. The number of aromatic nitrogens is 2. The first kappa shape index (κ1) is 19.9. The van der Waals surface area contributed by atoms with Gasteiger partial charge in [0.2, 0.25) is 23.9 Å². The highest BCUT2D eigenvalue weighted by Crippen LogP contribution is 2.60. The van der Waals surface area contributed by atoms with Crippen LogP contribution in [0.1, 0.15) is 52.7 Å². The first-order valence-corrected chi connectivity index (χ1v) is 12.1. The summed E-state index contributed by atoms with van der Waals surface area (Å²) >= 11 is 0. The van der Waals surface area contributed by atoms with Gasteiger partial charge in [0.1, 0.15) is 11.1 Å². The molecule has 4 aromatic rings. The standard InChI is InChI=1S/C30H30N3O/c1-29(2,3)19-13-15-23-21-9-7-11-25-27(21)33(31(23)17-19)28-22(10-8-12-26(28)34-25)24-16-14-20(18-32(24)33)30(4,5)6/h7-18H,1-6H3/q+3. The third-order valence-corrected chi connectivity index (χ3v) is 7.61. The van der Waals surface area contributed by atoms with E-state index in [0.29, 0.717) is 4.70 Å². The normalized spacial score (nSPS) is 15.8. The number of para-hydroxylation sites is 2. The fourth-order valence-corrected chi connectivity index (χ4v) is 5.80. The molecule has 168 valence electrons. The van der Waals surface area contributed by atoms with E-state index in [4.69, 9.17) is 4.74 Å². The Balaban J connectivity index is 1.70. The van der Waals surface area contributed by atoms with Crippen LogP contribution in [0.15, 0.2) is 73.1 Å². The van der Waals surface area contributed by atoms with E-state index in [2.05, 4.69) is 124 Å². The Morgan fingerprint density at radius 3 is 1.44 bits per heavy atom. The molecule has 0 radical (unpaired) electrons. The Hall–Kier alpha value is -3.50. The monoisotopic (exact) mass is 448 g/mol.